The van der Waals surface area contributed by atoms with E-state index < -0.39 is 18.2 Å². The van der Waals surface area contributed by atoms with Gasteiger partial charge in [0.15, 0.2) is 12.1 Å². The first kappa shape index (κ1) is 22.8. The number of carbonyl (C=O) groups is 3. The third-order valence-electron chi connectivity index (χ3n) is 6.43. The number of cyclic esters (lactones) is 1. The summed E-state index contributed by atoms with van der Waals surface area (Å²) in [6.07, 6.45) is 0.722. The molecule has 7 nitrogen and oxygen atoms in total. The Morgan fingerprint density at radius 3 is 2.42 bits per heavy atom. The molecule has 174 valence electrons. The zero-order valence-electron chi connectivity index (χ0n) is 19.4. The number of rotatable bonds is 5. The minimum Gasteiger partial charge on any atom is -0.438 e. The molecule has 2 aliphatic rings. The second kappa shape index (κ2) is 9.65. The fourth-order valence-corrected chi connectivity index (χ4v) is 4.58. The molecule has 2 aliphatic heterocycles. The number of amides is 3. The van der Waals surface area contributed by atoms with Gasteiger partial charge in [0, 0.05) is 25.7 Å². The third kappa shape index (κ3) is 5.18. The molecule has 2 atom stereocenters. The second-order valence-electron chi connectivity index (χ2n) is 9.18. The van der Waals surface area contributed by atoms with Crippen LogP contribution in [-0.2, 0) is 20.9 Å². The SMILES string of the molecule is CC(=O)Nc1ccc(C2OC(=O)N(Cc3cccc(C)c3)C2C(=O)N2CCC(C)CC2)cc1. The highest BCUT2D eigenvalue weighted by molar-refractivity contribution is 5.90. The summed E-state index contributed by atoms with van der Waals surface area (Å²) in [5.74, 6) is 0.360. The van der Waals surface area contributed by atoms with Crippen molar-refractivity contribution in [3.05, 3.63) is 65.2 Å². The molecule has 2 saturated heterocycles. The predicted octanol–water partition coefficient (Wildman–Crippen LogP) is 4.27. The molecule has 7 heteroatoms. The number of aryl methyl sites for hydroxylation is 1. The molecule has 2 heterocycles. The third-order valence-corrected chi connectivity index (χ3v) is 6.43. The van der Waals surface area contributed by atoms with Crippen LogP contribution in [-0.4, -0.2) is 46.8 Å². The van der Waals surface area contributed by atoms with E-state index in [9.17, 15) is 14.4 Å². The minimum absolute atomic E-state index is 0.0728. The van der Waals surface area contributed by atoms with Crippen molar-refractivity contribution in [3.8, 4) is 0 Å². The Labute approximate surface area is 194 Å². The molecule has 2 aromatic rings. The maximum atomic E-state index is 13.7. The molecule has 0 radical (unpaired) electrons. The smallest absolute Gasteiger partial charge is 0.411 e. The van der Waals surface area contributed by atoms with E-state index in [0.29, 0.717) is 31.2 Å². The molecule has 3 amide bonds. The summed E-state index contributed by atoms with van der Waals surface area (Å²) >= 11 is 0. The van der Waals surface area contributed by atoms with Gasteiger partial charge in [0.1, 0.15) is 0 Å². The highest BCUT2D eigenvalue weighted by Crippen LogP contribution is 2.36. The Bertz CT molecular complexity index is 1030. The highest BCUT2D eigenvalue weighted by Gasteiger charge is 2.48. The first-order chi connectivity index (χ1) is 15.8. The van der Waals surface area contributed by atoms with Crippen LogP contribution in [0.3, 0.4) is 0 Å². The van der Waals surface area contributed by atoms with Gasteiger partial charge in [0.2, 0.25) is 11.8 Å². The number of carbonyl (C=O) groups excluding carboxylic acids is 3. The Morgan fingerprint density at radius 1 is 1.09 bits per heavy atom. The van der Waals surface area contributed by atoms with E-state index in [1.54, 1.807) is 29.2 Å². The maximum absolute atomic E-state index is 13.7. The summed E-state index contributed by atoms with van der Waals surface area (Å²) in [4.78, 5) is 41.5. The van der Waals surface area contributed by atoms with Crippen molar-refractivity contribution in [1.82, 2.24) is 9.80 Å². The Morgan fingerprint density at radius 2 is 1.79 bits per heavy atom. The van der Waals surface area contributed by atoms with Gasteiger partial charge in [-0.2, -0.15) is 0 Å². The maximum Gasteiger partial charge on any atom is 0.411 e. The lowest BCUT2D eigenvalue weighted by atomic mass is 9.96. The van der Waals surface area contributed by atoms with Crippen LogP contribution in [0.25, 0.3) is 0 Å². The van der Waals surface area contributed by atoms with Gasteiger partial charge in [-0.3, -0.25) is 14.5 Å². The van der Waals surface area contributed by atoms with Crippen LogP contribution < -0.4 is 5.32 Å². The summed E-state index contributed by atoms with van der Waals surface area (Å²) in [5, 5.41) is 2.74. The number of nitrogens with zero attached hydrogens (tertiary/aromatic N) is 2. The van der Waals surface area contributed by atoms with E-state index in [-0.39, 0.29) is 11.8 Å². The van der Waals surface area contributed by atoms with E-state index in [0.717, 1.165) is 29.5 Å². The molecule has 2 unspecified atom stereocenters. The topological polar surface area (TPSA) is 79.0 Å². The number of anilines is 1. The van der Waals surface area contributed by atoms with Gasteiger partial charge < -0.3 is 15.0 Å². The van der Waals surface area contributed by atoms with Crippen LogP contribution in [0, 0.1) is 12.8 Å². The van der Waals surface area contributed by atoms with Crippen molar-refractivity contribution in [2.75, 3.05) is 18.4 Å². The number of hydrogen-bond donors (Lipinski definition) is 1. The number of hydrogen-bond acceptors (Lipinski definition) is 4. The lowest BCUT2D eigenvalue weighted by Gasteiger charge is -2.34. The summed E-state index contributed by atoms with van der Waals surface area (Å²) in [5.41, 5.74) is 3.43. The lowest BCUT2D eigenvalue weighted by molar-refractivity contribution is -0.138. The van der Waals surface area contributed by atoms with Crippen LogP contribution in [0.4, 0.5) is 10.5 Å². The molecule has 0 aliphatic carbocycles. The normalized spacial score (nSPS) is 21.1. The van der Waals surface area contributed by atoms with Crippen LogP contribution in [0.5, 0.6) is 0 Å². The lowest BCUT2D eigenvalue weighted by Crippen LogP contribution is -2.50. The predicted molar refractivity (Wildman–Crippen MR) is 125 cm³/mol. The van der Waals surface area contributed by atoms with Gasteiger partial charge in [-0.05, 0) is 48.9 Å². The van der Waals surface area contributed by atoms with Crippen LogP contribution in [0.2, 0.25) is 0 Å². The number of benzene rings is 2. The van der Waals surface area contributed by atoms with E-state index in [1.165, 1.54) is 6.92 Å². The number of nitrogens with one attached hydrogen (secondary N) is 1. The van der Waals surface area contributed by atoms with Gasteiger partial charge in [-0.1, -0.05) is 48.9 Å². The van der Waals surface area contributed by atoms with Gasteiger partial charge in [0.05, 0.1) is 6.54 Å². The van der Waals surface area contributed by atoms with Crippen molar-refractivity contribution in [2.24, 2.45) is 5.92 Å². The second-order valence-corrected chi connectivity index (χ2v) is 9.18. The van der Waals surface area contributed by atoms with Crippen molar-refractivity contribution in [3.63, 3.8) is 0 Å². The zero-order valence-corrected chi connectivity index (χ0v) is 19.4. The van der Waals surface area contributed by atoms with Gasteiger partial charge in [-0.15, -0.1) is 0 Å². The Kier molecular flexibility index (Phi) is 6.67. The van der Waals surface area contributed by atoms with Crippen LogP contribution >= 0.6 is 0 Å². The minimum atomic E-state index is -0.738. The molecule has 0 saturated carbocycles. The summed E-state index contributed by atoms with van der Waals surface area (Å²) in [6.45, 7) is 7.34. The standard InChI is InChI=1S/C26H31N3O4/c1-17-11-13-28(14-12-17)25(31)23-24(21-7-9-22(10-8-21)27-19(3)30)33-26(32)29(23)16-20-6-4-5-18(2)15-20/h4-10,15,17,23-24H,11-14,16H2,1-3H3,(H,27,30). The molecule has 1 N–H and O–H groups in total. The molecule has 4 rings (SSSR count). The molecule has 33 heavy (non-hydrogen) atoms. The van der Waals surface area contributed by atoms with Gasteiger partial charge in [-0.25, -0.2) is 4.79 Å². The first-order valence-electron chi connectivity index (χ1n) is 11.5. The quantitative estimate of drug-likeness (QED) is 0.739. The summed E-state index contributed by atoms with van der Waals surface area (Å²) < 4.78 is 5.78. The number of likely N-dealkylation sites (tertiary alicyclic amines) is 1. The Balaban J connectivity index is 1.63. The Hall–Kier alpha value is -3.35. The highest BCUT2D eigenvalue weighted by atomic mass is 16.6. The van der Waals surface area contributed by atoms with E-state index in [1.807, 2.05) is 36.1 Å². The molecule has 0 spiro atoms. The first-order valence-corrected chi connectivity index (χ1v) is 11.5. The fourth-order valence-electron chi connectivity index (χ4n) is 4.58. The molecule has 2 aromatic carbocycles. The van der Waals surface area contributed by atoms with Crippen molar-refractivity contribution < 1.29 is 19.1 Å². The van der Waals surface area contributed by atoms with E-state index in [2.05, 4.69) is 12.2 Å². The van der Waals surface area contributed by atoms with Crippen molar-refractivity contribution in [2.45, 2.75) is 52.3 Å². The zero-order chi connectivity index (χ0) is 23.5. The summed E-state index contributed by atoms with van der Waals surface area (Å²) in [6, 6.07) is 14.3. The largest absolute Gasteiger partial charge is 0.438 e. The van der Waals surface area contributed by atoms with Gasteiger partial charge >= 0.3 is 6.09 Å². The fraction of sp³-hybridized carbons (Fsp3) is 0.423. The van der Waals surface area contributed by atoms with Crippen molar-refractivity contribution in [1.29, 1.82) is 0 Å². The summed E-state index contributed by atoms with van der Waals surface area (Å²) in [7, 11) is 0. The monoisotopic (exact) mass is 449 g/mol. The number of piperidine rings is 1. The number of ether oxygens (including phenoxy) is 1. The van der Waals surface area contributed by atoms with E-state index >= 15 is 0 Å². The van der Waals surface area contributed by atoms with Crippen LogP contribution in [0.15, 0.2) is 48.5 Å². The van der Waals surface area contributed by atoms with Gasteiger partial charge in [0.25, 0.3) is 0 Å². The molecule has 2 fully saturated rings. The van der Waals surface area contributed by atoms with E-state index in [4.69, 9.17) is 4.74 Å². The molecular formula is C26H31N3O4. The molecule has 0 aromatic heterocycles. The average molecular weight is 450 g/mol. The molecular weight excluding hydrogens is 418 g/mol. The molecule has 0 bridgehead atoms. The average Bonchev–Trinajstić information content (AvgIpc) is 3.10. The van der Waals surface area contributed by atoms with Crippen LogP contribution in [0.1, 0.15) is 49.5 Å². The van der Waals surface area contributed by atoms with Crippen molar-refractivity contribution >= 4 is 23.6 Å².